The van der Waals surface area contributed by atoms with Crippen LogP contribution in [0.25, 0.3) is 0 Å². The molecule has 3 heterocycles. The van der Waals surface area contributed by atoms with E-state index in [9.17, 15) is 4.79 Å². The van der Waals surface area contributed by atoms with Gasteiger partial charge in [-0.2, -0.15) is 0 Å². The number of aromatic nitrogens is 1. The second-order valence-corrected chi connectivity index (χ2v) is 8.14. The summed E-state index contributed by atoms with van der Waals surface area (Å²) in [5, 5.41) is 0. The molecule has 0 bridgehead atoms. The van der Waals surface area contributed by atoms with E-state index in [2.05, 4.69) is 46.8 Å². The number of fused-ring (bicyclic) bond motifs is 1. The van der Waals surface area contributed by atoms with E-state index in [0.717, 1.165) is 69.4 Å². The molecule has 0 radical (unpaired) electrons. The average Bonchev–Trinajstić information content (AvgIpc) is 3.18. The van der Waals surface area contributed by atoms with Crippen molar-refractivity contribution >= 4 is 11.6 Å². The van der Waals surface area contributed by atoms with Gasteiger partial charge in [-0.05, 0) is 24.5 Å². The molecule has 1 saturated heterocycles. The van der Waals surface area contributed by atoms with Gasteiger partial charge in [-0.3, -0.25) is 14.6 Å². The Hall–Kier alpha value is -2.18. The molecule has 6 heteroatoms. The van der Waals surface area contributed by atoms with E-state index in [0.29, 0.717) is 12.5 Å². The third-order valence-corrected chi connectivity index (χ3v) is 5.73. The average molecular weight is 383 g/mol. The lowest BCUT2D eigenvalue weighted by Crippen LogP contribution is -2.50. The predicted octanol–water partition coefficient (Wildman–Crippen LogP) is 2.90. The van der Waals surface area contributed by atoms with Gasteiger partial charge < -0.3 is 9.32 Å². The minimum absolute atomic E-state index is 0.217. The van der Waals surface area contributed by atoms with Crippen LogP contribution in [0.3, 0.4) is 0 Å². The van der Waals surface area contributed by atoms with E-state index in [1.807, 2.05) is 17.2 Å². The third-order valence-electron chi connectivity index (χ3n) is 5.73. The number of benzene rings is 1. The van der Waals surface area contributed by atoms with Gasteiger partial charge in [-0.15, -0.1) is 0 Å². The molecule has 0 saturated carbocycles. The topological polar surface area (TPSA) is 52.8 Å². The first-order valence-electron chi connectivity index (χ1n) is 10.4. The van der Waals surface area contributed by atoms with Crippen LogP contribution < -0.4 is 4.90 Å². The molecule has 0 unspecified atom stereocenters. The second kappa shape index (κ2) is 8.45. The Morgan fingerprint density at radius 1 is 1.11 bits per heavy atom. The number of anilines is 1. The molecule has 2 aromatic rings. The van der Waals surface area contributed by atoms with Crippen molar-refractivity contribution in [1.82, 2.24) is 14.8 Å². The summed E-state index contributed by atoms with van der Waals surface area (Å²) in [7, 11) is 0. The van der Waals surface area contributed by atoms with E-state index in [1.165, 1.54) is 5.56 Å². The molecule has 0 aliphatic carbocycles. The Bertz CT molecular complexity index is 808. The predicted molar refractivity (Wildman–Crippen MR) is 109 cm³/mol. The number of carbonyl (C=O) groups is 1. The Morgan fingerprint density at radius 2 is 1.86 bits per heavy atom. The van der Waals surface area contributed by atoms with E-state index in [4.69, 9.17) is 4.42 Å². The zero-order valence-corrected chi connectivity index (χ0v) is 16.9. The Kier molecular flexibility index (Phi) is 5.78. The standard InChI is InChI=1S/C22H30N4O2/c1-17(2)20-14-23-21(28-20)15-24-10-12-25(13-11-24)16-22(27)26-9-5-7-18-6-3-4-8-19(18)26/h3-4,6,8,14,17H,5,7,9-13,15-16H2,1-2H3. The number of oxazole rings is 1. The number of nitrogens with zero attached hydrogens (tertiary/aromatic N) is 4. The summed E-state index contributed by atoms with van der Waals surface area (Å²) in [5.41, 5.74) is 2.39. The molecule has 28 heavy (non-hydrogen) atoms. The van der Waals surface area contributed by atoms with Crippen LogP contribution in [-0.2, 0) is 17.8 Å². The molecule has 4 rings (SSSR count). The molecule has 0 atom stereocenters. The number of carbonyl (C=O) groups excluding carboxylic acids is 1. The molecule has 2 aliphatic heterocycles. The van der Waals surface area contributed by atoms with Gasteiger partial charge in [0.15, 0.2) is 0 Å². The lowest BCUT2D eigenvalue weighted by molar-refractivity contribution is -0.120. The van der Waals surface area contributed by atoms with Crippen LogP contribution in [0.2, 0.25) is 0 Å². The van der Waals surface area contributed by atoms with Crippen LogP contribution in [0.1, 0.15) is 43.4 Å². The van der Waals surface area contributed by atoms with Gasteiger partial charge in [0.1, 0.15) is 5.76 Å². The fraction of sp³-hybridized carbons (Fsp3) is 0.545. The van der Waals surface area contributed by atoms with E-state index < -0.39 is 0 Å². The van der Waals surface area contributed by atoms with Gasteiger partial charge in [0.05, 0.1) is 19.3 Å². The quantitative estimate of drug-likeness (QED) is 0.796. The lowest BCUT2D eigenvalue weighted by atomic mass is 10.0. The van der Waals surface area contributed by atoms with Gasteiger partial charge in [-0.25, -0.2) is 4.98 Å². The maximum atomic E-state index is 12.9. The van der Waals surface area contributed by atoms with Crippen LogP contribution in [0, 0.1) is 0 Å². The van der Waals surface area contributed by atoms with Crippen LogP contribution in [0.5, 0.6) is 0 Å². The van der Waals surface area contributed by atoms with Gasteiger partial charge in [-0.1, -0.05) is 32.0 Å². The molecule has 1 fully saturated rings. The highest BCUT2D eigenvalue weighted by Crippen LogP contribution is 2.27. The highest BCUT2D eigenvalue weighted by atomic mass is 16.4. The lowest BCUT2D eigenvalue weighted by Gasteiger charge is -2.36. The van der Waals surface area contributed by atoms with Crippen molar-refractivity contribution in [2.75, 3.05) is 44.2 Å². The van der Waals surface area contributed by atoms with Crippen molar-refractivity contribution < 1.29 is 9.21 Å². The fourth-order valence-corrected chi connectivity index (χ4v) is 4.03. The number of rotatable bonds is 5. The first-order chi connectivity index (χ1) is 13.6. The Morgan fingerprint density at radius 3 is 2.61 bits per heavy atom. The normalized spacial score (nSPS) is 18.5. The zero-order chi connectivity index (χ0) is 19.5. The molecule has 150 valence electrons. The Balaban J connectivity index is 1.28. The molecule has 0 spiro atoms. The highest BCUT2D eigenvalue weighted by molar-refractivity contribution is 5.95. The van der Waals surface area contributed by atoms with Crippen molar-refractivity contribution in [1.29, 1.82) is 0 Å². The third kappa shape index (κ3) is 4.28. The molecule has 6 nitrogen and oxygen atoms in total. The number of amides is 1. The van der Waals surface area contributed by atoms with E-state index in [-0.39, 0.29) is 5.91 Å². The molecule has 1 aromatic carbocycles. The summed E-state index contributed by atoms with van der Waals surface area (Å²) < 4.78 is 5.82. The maximum absolute atomic E-state index is 12.9. The zero-order valence-electron chi connectivity index (χ0n) is 16.9. The van der Waals surface area contributed by atoms with E-state index >= 15 is 0 Å². The highest BCUT2D eigenvalue weighted by Gasteiger charge is 2.26. The van der Waals surface area contributed by atoms with Crippen molar-refractivity contribution in [3.63, 3.8) is 0 Å². The summed E-state index contributed by atoms with van der Waals surface area (Å²) in [4.78, 5) is 23.9. The minimum atomic E-state index is 0.217. The molecule has 1 aromatic heterocycles. The monoisotopic (exact) mass is 382 g/mol. The van der Waals surface area contributed by atoms with Crippen LogP contribution in [0.4, 0.5) is 5.69 Å². The van der Waals surface area contributed by atoms with Gasteiger partial charge in [0.2, 0.25) is 11.8 Å². The summed E-state index contributed by atoms with van der Waals surface area (Å²) >= 11 is 0. The van der Waals surface area contributed by atoms with Crippen molar-refractivity contribution in [3.05, 3.63) is 47.7 Å². The Labute approximate surface area is 167 Å². The number of piperazine rings is 1. The van der Waals surface area contributed by atoms with Crippen LogP contribution in [0.15, 0.2) is 34.9 Å². The summed E-state index contributed by atoms with van der Waals surface area (Å²) in [6.45, 7) is 9.97. The minimum Gasteiger partial charge on any atom is -0.444 e. The molecule has 2 aliphatic rings. The number of para-hydroxylation sites is 1. The molecular formula is C22H30N4O2. The summed E-state index contributed by atoms with van der Waals surface area (Å²) in [6, 6.07) is 8.30. The smallest absolute Gasteiger partial charge is 0.241 e. The SMILES string of the molecule is CC(C)c1cnc(CN2CCN(CC(=O)N3CCCc4ccccc43)CC2)o1. The van der Waals surface area contributed by atoms with Crippen molar-refractivity contribution in [2.24, 2.45) is 0 Å². The molecule has 0 N–H and O–H groups in total. The van der Waals surface area contributed by atoms with Crippen molar-refractivity contribution in [3.8, 4) is 0 Å². The maximum Gasteiger partial charge on any atom is 0.241 e. The van der Waals surface area contributed by atoms with Gasteiger partial charge in [0.25, 0.3) is 0 Å². The molecule has 1 amide bonds. The van der Waals surface area contributed by atoms with E-state index in [1.54, 1.807) is 0 Å². The number of hydrogen-bond donors (Lipinski definition) is 0. The van der Waals surface area contributed by atoms with Gasteiger partial charge >= 0.3 is 0 Å². The number of hydrogen-bond acceptors (Lipinski definition) is 5. The van der Waals surface area contributed by atoms with Crippen molar-refractivity contribution in [2.45, 2.75) is 39.2 Å². The summed E-state index contributed by atoms with van der Waals surface area (Å²) in [6.07, 6.45) is 3.95. The fourth-order valence-electron chi connectivity index (χ4n) is 4.03. The molecular weight excluding hydrogens is 352 g/mol. The summed E-state index contributed by atoms with van der Waals surface area (Å²) in [5.74, 6) is 2.32. The first-order valence-corrected chi connectivity index (χ1v) is 10.4. The second-order valence-electron chi connectivity index (χ2n) is 8.14. The first kappa shape index (κ1) is 19.2. The van der Waals surface area contributed by atoms with Crippen LogP contribution >= 0.6 is 0 Å². The van der Waals surface area contributed by atoms with Crippen LogP contribution in [-0.4, -0.2) is 60.0 Å². The largest absolute Gasteiger partial charge is 0.444 e. The van der Waals surface area contributed by atoms with Gasteiger partial charge in [0, 0.05) is 44.3 Å². The number of aryl methyl sites for hydroxylation is 1.